The van der Waals surface area contributed by atoms with Crippen LogP contribution in [0.4, 0.5) is 0 Å². The predicted molar refractivity (Wildman–Crippen MR) is 87.7 cm³/mol. The van der Waals surface area contributed by atoms with E-state index in [1.54, 1.807) is 19.6 Å². The van der Waals surface area contributed by atoms with Crippen molar-refractivity contribution in [3.63, 3.8) is 0 Å². The number of hydrogen-bond acceptors (Lipinski definition) is 4. The van der Waals surface area contributed by atoms with Gasteiger partial charge in [-0.2, -0.15) is 0 Å². The fourth-order valence-corrected chi connectivity index (χ4v) is 2.78. The molecule has 0 bridgehead atoms. The van der Waals surface area contributed by atoms with Crippen LogP contribution >= 0.6 is 0 Å². The molecule has 0 fully saturated rings. The normalized spacial score (nSPS) is 10.7. The van der Waals surface area contributed by atoms with Crippen LogP contribution in [-0.4, -0.2) is 20.2 Å². The van der Waals surface area contributed by atoms with Crippen molar-refractivity contribution in [1.29, 1.82) is 0 Å². The Morgan fingerprint density at radius 1 is 1.04 bits per heavy atom. The third-order valence-corrected chi connectivity index (χ3v) is 3.98. The van der Waals surface area contributed by atoms with Gasteiger partial charge in [-0.3, -0.25) is 4.79 Å². The summed E-state index contributed by atoms with van der Waals surface area (Å²) in [6, 6.07) is 11.9. The van der Waals surface area contributed by atoms with Gasteiger partial charge in [0.05, 0.1) is 26.7 Å². The summed E-state index contributed by atoms with van der Waals surface area (Å²) < 4.78 is 15.2. The van der Waals surface area contributed by atoms with E-state index in [-0.39, 0.29) is 5.97 Å². The van der Waals surface area contributed by atoms with Crippen molar-refractivity contribution >= 4 is 5.97 Å². The Morgan fingerprint density at radius 3 is 2.52 bits per heavy atom. The van der Waals surface area contributed by atoms with Crippen LogP contribution in [0.5, 0.6) is 5.75 Å². The first kappa shape index (κ1) is 15.2. The molecule has 0 unspecified atom stereocenters. The van der Waals surface area contributed by atoms with Gasteiger partial charge in [0.2, 0.25) is 0 Å². The van der Waals surface area contributed by atoms with Crippen molar-refractivity contribution in [3.8, 4) is 28.0 Å². The zero-order valence-corrected chi connectivity index (χ0v) is 13.2. The van der Waals surface area contributed by atoms with Gasteiger partial charge in [-0.1, -0.05) is 12.1 Å². The number of fused-ring (bicyclic) bond motifs is 1. The number of hydrogen-bond donors (Lipinski definition) is 0. The quantitative estimate of drug-likeness (QED) is 0.664. The Kier molecular flexibility index (Phi) is 4.33. The van der Waals surface area contributed by atoms with Crippen molar-refractivity contribution in [3.05, 3.63) is 54.5 Å². The molecule has 0 spiro atoms. The van der Waals surface area contributed by atoms with E-state index in [4.69, 9.17) is 13.9 Å². The van der Waals surface area contributed by atoms with Crippen LogP contribution in [0.25, 0.3) is 22.3 Å². The summed E-state index contributed by atoms with van der Waals surface area (Å²) in [4.78, 5) is 11.5. The van der Waals surface area contributed by atoms with Gasteiger partial charge < -0.3 is 13.9 Å². The lowest BCUT2D eigenvalue weighted by Crippen LogP contribution is -2.02. The topological polar surface area (TPSA) is 48.7 Å². The second-order valence-corrected chi connectivity index (χ2v) is 5.27. The fourth-order valence-electron chi connectivity index (χ4n) is 2.78. The highest BCUT2D eigenvalue weighted by Crippen LogP contribution is 2.39. The molecule has 3 rings (SSSR count). The van der Waals surface area contributed by atoms with E-state index in [1.807, 2.05) is 30.3 Å². The average molecular weight is 310 g/mol. The second kappa shape index (κ2) is 6.57. The van der Waals surface area contributed by atoms with E-state index in [0.717, 1.165) is 33.6 Å². The molecule has 0 amide bonds. The molecule has 1 aromatic rings. The molecule has 1 aliphatic carbocycles. The van der Waals surface area contributed by atoms with E-state index in [9.17, 15) is 4.79 Å². The standard InChI is InChI=1S/C19H18O4/c1-21-15-5-3-13(4-6-15)18-11-14-12-23-10-9-16(14)17(18)7-8-19(20)22-2/h3-6,9-12H,7-8H2,1-2H3. The van der Waals surface area contributed by atoms with Crippen molar-refractivity contribution in [2.24, 2.45) is 0 Å². The number of benzene rings is 1. The largest absolute Gasteiger partial charge is 0.497 e. The Hall–Kier alpha value is -2.75. The molecule has 0 saturated carbocycles. The smallest absolute Gasteiger partial charge is 0.305 e. The molecule has 4 nitrogen and oxygen atoms in total. The molecule has 0 saturated heterocycles. The molecule has 4 heteroatoms. The Labute approximate surface area is 135 Å². The van der Waals surface area contributed by atoms with Crippen LogP contribution in [0.15, 0.2) is 53.3 Å². The van der Waals surface area contributed by atoms with E-state index < -0.39 is 0 Å². The van der Waals surface area contributed by atoms with Gasteiger partial charge in [0.15, 0.2) is 0 Å². The van der Waals surface area contributed by atoms with Gasteiger partial charge in [-0.15, -0.1) is 0 Å². The summed E-state index contributed by atoms with van der Waals surface area (Å²) in [7, 11) is 3.06. The van der Waals surface area contributed by atoms with Crippen molar-refractivity contribution in [1.82, 2.24) is 0 Å². The van der Waals surface area contributed by atoms with Gasteiger partial charge in [0, 0.05) is 12.0 Å². The van der Waals surface area contributed by atoms with E-state index >= 15 is 0 Å². The van der Waals surface area contributed by atoms with E-state index in [2.05, 4.69) is 6.07 Å². The first-order chi connectivity index (χ1) is 11.2. The maximum Gasteiger partial charge on any atom is 0.305 e. The second-order valence-electron chi connectivity index (χ2n) is 5.27. The van der Waals surface area contributed by atoms with Gasteiger partial charge in [-0.05, 0) is 52.9 Å². The fraction of sp³-hybridized carbons (Fsp3) is 0.211. The lowest BCUT2D eigenvalue weighted by Gasteiger charge is -2.08. The van der Waals surface area contributed by atoms with Gasteiger partial charge in [0.1, 0.15) is 5.75 Å². The minimum Gasteiger partial charge on any atom is -0.497 e. The number of ether oxygens (including phenoxy) is 2. The minimum atomic E-state index is -0.208. The molecular formula is C19H18O4. The molecule has 118 valence electrons. The van der Waals surface area contributed by atoms with Crippen LogP contribution < -0.4 is 4.74 Å². The SMILES string of the molecule is COC(=O)CCc1c2ccocc-2cc1-c1ccc(OC)cc1. The molecule has 0 aromatic heterocycles. The Morgan fingerprint density at radius 2 is 1.83 bits per heavy atom. The molecule has 1 aromatic carbocycles. The summed E-state index contributed by atoms with van der Waals surface area (Å²) in [5.41, 5.74) is 5.45. The lowest BCUT2D eigenvalue weighted by molar-refractivity contribution is -0.140. The number of esters is 1. The highest BCUT2D eigenvalue weighted by molar-refractivity contribution is 5.85. The monoisotopic (exact) mass is 310 g/mol. The highest BCUT2D eigenvalue weighted by Gasteiger charge is 2.18. The Balaban J connectivity index is 2.03. The Bertz CT molecular complexity index is 771. The first-order valence-electron chi connectivity index (χ1n) is 7.42. The van der Waals surface area contributed by atoms with Crippen molar-refractivity contribution < 1.29 is 18.7 Å². The zero-order chi connectivity index (χ0) is 16.2. The van der Waals surface area contributed by atoms with Crippen LogP contribution in [0, 0.1) is 0 Å². The van der Waals surface area contributed by atoms with Crippen LogP contribution in [-0.2, 0) is 16.0 Å². The first-order valence-corrected chi connectivity index (χ1v) is 7.42. The molecule has 1 heterocycles. The molecule has 2 aliphatic rings. The number of methoxy groups -OCH3 is 2. The van der Waals surface area contributed by atoms with Crippen LogP contribution in [0.1, 0.15) is 12.0 Å². The molecule has 0 atom stereocenters. The summed E-state index contributed by atoms with van der Waals surface area (Å²) in [6.07, 6.45) is 4.36. The summed E-state index contributed by atoms with van der Waals surface area (Å²) in [5.74, 6) is 0.608. The van der Waals surface area contributed by atoms with Crippen molar-refractivity contribution in [2.45, 2.75) is 12.8 Å². The zero-order valence-electron chi connectivity index (χ0n) is 13.2. The average Bonchev–Trinajstić information content (AvgIpc) is 2.98. The van der Waals surface area contributed by atoms with Gasteiger partial charge >= 0.3 is 5.97 Å². The predicted octanol–water partition coefficient (Wildman–Crippen LogP) is 4.17. The van der Waals surface area contributed by atoms with Gasteiger partial charge in [0.25, 0.3) is 0 Å². The minimum absolute atomic E-state index is 0.208. The maximum atomic E-state index is 11.5. The number of rotatable bonds is 5. The van der Waals surface area contributed by atoms with Crippen molar-refractivity contribution in [2.75, 3.05) is 14.2 Å². The molecule has 0 N–H and O–H groups in total. The summed E-state index contributed by atoms with van der Waals surface area (Å²) in [5, 5.41) is 0. The van der Waals surface area contributed by atoms with Gasteiger partial charge in [-0.25, -0.2) is 0 Å². The highest BCUT2D eigenvalue weighted by atomic mass is 16.5. The number of carbonyl (C=O) groups is 1. The molecular weight excluding hydrogens is 292 g/mol. The maximum absolute atomic E-state index is 11.5. The lowest BCUT2D eigenvalue weighted by atomic mass is 9.99. The van der Waals surface area contributed by atoms with Crippen LogP contribution in [0.3, 0.4) is 0 Å². The van der Waals surface area contributed by atoms with Crippen LogP contribution in [0.2, 0.25) is 0 Å². The number of carbonyl (C=O) groups excluding carboxylic acids is 1. The summed E-state index contributed by atoms with van der Waals surface area (Å²) >= 11 is 0. The molecule has 1 aliphatic heterocycles. The van der Waals surface area contributed by atoms with E-state index in [1.165, 1.54) is 7.11 Å². The summed E-state index contributed by atoms with van der Waals surface area (Å²) in [6.45, 7) is 0. The molecule has 0 radical (unpaired) electrons. The molecule has 23 heavy (non-hydrogen) atoms. The van der Waals surface area contributed by atoms with E-state index in [0.29, 0.717) is 12.8 Å². The third-order valence-electron chi connectivity index (χ3n) is 3.98. The third kappa shape index (κ3) is 3.06.